The topological polar surface area (TPSA) is 108 Å². The molecule has 0 aromatic rings. The van der Waals surface area contributed by atoms with Crippen LogP contribution in [0.5, 0.6) is 0 Å². The van der Waals surface area contributed by atoms with Gasteiger partial charge >= 0.3 is 19.8 Å². The first kappa shape index (κ1) is 56.8. The maximum absolute atomic E-state index is 12.7. The molecular formula is C48H95NO8P+. The number of rotatable bonds is 45. The number of ether oxygens (including phenoxy) is 2. The molecule has 0 heterocycles. The van der Waals surface area contributed by atoms with Gasteiger partial charge in [-0.2, -0.15) is 0 Å². The second-order valence-electron chi connectivity index (χ2n) is 17.9. The summed E-state index contributed by atoms with van der Waals surface area (Å²) in [5.41, 5.74) is 0. The molecule has 0 fully saturated rings. The fourth-order valence-corrected chi connectivity index (χ4v) is 7.69. The molecule has 0 aliphatic carbocycles. The van der Waals surface area contributed by atoms with Gasteiger partial charge in [0.05, 0.1) is 27.7 Å². The zero-order valence-corrected chi connectivity index (χ0v) is 39.7. The van der Waals surface area contributed by atoms with Crippen LogP contribution in [-0.4, -0.2) is 74.9 Å². The zero-order chi connectivity index (χ0) is 42.8. The number of hydrogen-bond acceptors (Lipinski definition) is 7. The van der Waals surface area contributed by atoms with Gasteiger partial charge in [-0.1, -0.05) is 193 Å². The van der Waals surface area contributed by atoms with E-state index in [1.807, 2.05) is 21.1 Å². The quantitative estimate of drug-likeness (QED) is 0.0212. The Morgan fingerprint density at radius 1 is 0.517 bits per heavy atom. The molecule has 0 saturated heterocycles. The largest absolute Gasteiger partial charge is 0.472 e. The van der Waals surface area contributed by atoms with Crippen molar-refractivity contribution in [2.45, 2.75) is 238 Å². The fourth-order valence-electron chi connectivity index (χ4n) is 6.95. The molecule has 0 saturated carbocycles. The van der Waals surface area contributed by atoms with Gasteiger partial charge in [-0.15, -0.1) is 0 Å². The minimum Gasteiger partial charge on any atom is -0.462 e. The van der Waals surface area contributed by atoms with Crippen LogP contribution in [0.25, 0.3) is 0 Å². The molecule has 0 aliphatic rings. The Morgan fingerprint density at radius 2 is 0.879 bits per heavy atom. The van der Waals surface area contributed by atoms with Crippen molar-refractivity contribution in [3.05, 3.63) is 12.2 Å². The van der Waals surface area contributed by atoms with E-state index in [0.29, 0.717) is 23.9 Å². The highest BCUT2D eigenvalue weighted by Gasteiger charge is 2.27. The molecule has 0 aromatic heterocycles. The summed E-state index contributed by atoms with van der Waals surface area (Å²) in [6.07, 6.45) is 44.1. The van der Waals surface area contributed by atoms with E-state index >= 15 is 0 Å². The fraction of sp³-hybridized carbons (Fsp3) is 0.917. The number of phosphoric acid groups is 1. The number of quaternary nitrogens is 1. The van der Waals surface area contributed by atoms with Gasteiger partial charge < -0.3 is 18.9 Å². The molecule has 58 heavy (non-hydrogen) atoms. The average molecular weight is 845 g/mol. The van der Waals surface area contributed by atoms with Crippen molar-refractivity contribution < 1.29 is 42.1 Å². The van der Waals surface area contributed by atoms with Crippen molar-refractivity contribution in [1.29, 1.82) is 0 Å². The Bertz CT molecular complexity index is 1000. The molecule has 2 atom stereocenters. The molecule has 2 unspecified atom stereocenters. The predicted octanol–water partition coefficient (Wildman–Crippen LogP) is 14.1. The minimum atomic E-state index is -4.37. The molecular weight excluding hydrogens is 750 g/mol. The van der Waals surface area contributed by atoms with Gasteiger partial charge in [0.25, 0.3) is 0 Å². The Labute approximate surface area is 358 Å². The van der Waals surface area contributed by atoms with Gasteiger partial charge in [-0.05, 0) is 38.5 Å². The predicted molar refractivity (Wildman–Crippen MR) is 243 cm³/mol. The highest BCUT2D eigenvalue weighted by Crippen LogP contribution is 2.43. The molecule has 344 valence electrons. The van der Waals surface area contributed by atoms with Crippen molar-refractivity contribution >= 4 is 19.8 Å². The van der Waals surface area contributed by atoms with E-state index in [1.54, 1.807) is 0 Å². The molecule has 0 aromatic carbocycles. The highest BCUT2D eigenvalue weighted by molar-refractivity contribution is 7.47. The molecule has 10 heteroatoms. The lowest BCUT2D eigenvalue weighted by molar-refractivity contribution is -0.870. The maximum atomic E-state index is 12.7. The number of nitrogens with zero attached hydrogens (tertiary/aromatic N) is 1. The third kappa shape index (κ3) is 44.3. The Hall–Kier alpha value is -1.25. The normalized spacial score (nSPS) is 13.6. The number of esters is 2. The second-order valence-corrected chi connectivity index (χ2v) is 19.3. The van der Waals surface area contributed by atoms with Gasteiger partial charge in [-0.3, -0.25) is 18.6 Å². The van der Waals surface area contributed by atoms with Crippen molar-refractivity contribution in [1.82, 2.24) is 0 Å². The first-order valence-electron chi connectivity index (χ1n) is 24.4. The van der Waals surface area contributed by atoms with Gasteiger partial charge in [0, 0.05) is 12.8 Å². The van der Waals surface area contributed by atoms with E-state index < -0.39 is 26.5 Å². The molecule has 0 amide bonds. The third-order valence-corrected chi connectivity index (χ3v) is 11.8. The summed E-state index contributed by atoms with van der Waals surface area (Å²) in [6.45, 7) is 4.45. The van der Waals surface area contributed by atoms with Crippen molar-refractivity contribution in [3.63, 3.8) is 0 Å². The van der Waals surface area contributed by atoms with Gasteiger partial charge in [0.15, 0.2) is 6.10 Å². The van der Waals surface area contributed by atoms with Crippen LogP contribution < -0.4 is 0 Å². The lowest BCUT2D eigenvalue weighted by atomic mass is 10.0. The summed E-state index contributed by atoms with van der Waals surface area (Å²) in [5, 5.41) is 0. The summed E-state index contributed by atoms with van der Waals surface area (Å²) in [6, 6.07) is 0. The summed E-state index contributed by atoms with van der Waals surface area (Å²) >= 11 is 0. The number of unbranched alkanes of at least 4 members (excludes halogenated alkanes) is 29. The Balaban J connectivity index is 4.18. The van der Waals surface area contributed by atoms with Crippen LogP contribution in [-0.2, 0) is 32.7 Å². The summed E-state index contributed by atoms with van der Waals surface area (Å²) < 4.78 is 34.4. The van der Waals surface area contributed by atoms with E-state index in [-0.39, 0.29) is 25.6 Å². The van der Waals surface area contributed by atoms with Crippen LogP contribution in [0.1, 0.15) is 232 Å². The van der Waals surface area contributed by atoms with Gasteiger partial charge in [-0.25, -0.2) is 4.57 Å². The van der Waals surface area contributed by atoms with Crippen LogP contribution in [0, 0.1) is 0 Å². The molecule has 9 nitrogen and oxygen atoms in total. The molecule has 0 radical (unpaired) electrons. The number of carbonyl (C=O) groups excluding carboxylic acids is 2. The number of hydrogen-bond donors (Lipinski definition) is 1. The van der Waals surface area contributed by atoms with E-state index in [4.69, 9.17) is 18.5 Å². The van der Waals surface area contributed by atoms with Crippen LogP contribution >= 0.6 is 7.82 Å². The summed E-state index contributed by atoms with van der Waals surface area (Å²) in [5.74, 6) is -0.789. The lowest BCUT2D eigenvalue weighted by Crippen LogP contribution is -2.37. The van der Waals surface area contributed by atoms with E-state index in [2.05, 4.69) is 26.0 Å². The Morgan fingerprint density at radius 3 is 1.28 bits per heavy atom. The average Bonchev–Trinajstić information content (AvgIpc) is 3.17. The van der Waals surface area contributed by atoms with E-state index in [9.17, 15) is 19.0 Å². The number of likely N-dealkylation sites (N-methyl/N-ethyl adjacent to an activating group) is 1. The van der Waals surface area contributed by atoms with Gasteiger partial charge in [0.1, 0.15) is 19.8 Å². The van der Waals surface area contributed by atoms with Crippen LogP contribution in [0.4, 0.5) is 0 Å². The van der Waals surface area contributed by atoms with Crippen LogP contribution in [0.2, 0.25) is 0 Å². The van der Waals surface area contributed by atoms with Crippen molar-refractivity contribution in [2.75, 3.05) is 47.5 Å². The first-order valence-corrected chi connectivity index (χ1v) is 25.9. The molecule has 0 bridgehead atoms. The maximum Gasteiger partial charge on any atom is 0.472 e. The molecule has 0 rings (SSSR count). The minimum absolute atomic E-state index is 0.0349. The van der Waals surface area contributed by atoms with Crippen molar-refractivity contribution in [3.8, 4) is 0 Å². The summed E-state index contributed by atoms with van der Waals surface area (Å²) in [7, 11) is 1.49. The van der Waals surface area contributed by atoms with E-state index in [1.165, 1.54) is 167 Å². The standard InChI is InChI=1S/C48H94NO8P/c1-6-8-10-12-14-16-18-19-20-21-22-23-24-25-26-27-28-29-31-33-35-37-39-41-48(51)57-46(45-56-58(52,53)55-43-42-49(3,4)5)44-54-47(50)40-38-36-34-32-30-17-15-13-11-9-7-2/h21-22,46H,6-20,23-45H2,1-5H3/p+1/b22-21-. The van der Waals surface area contributed by atoms with E-state index in [0.717, 1.165) is 32.1 Å². The molecule has 0 aliphatic heterocycles. The summed E-state index contributed by atoms with van der Waals surface area (Å²) in [4.78, 5) is 35.4. The molecule has 0 spiro atoms. The lowest BCUT2D eigenvalue weighted by Gasteiger charge is -2.24. The Kier molecular flexibility index (Phi) is 40.2. The first-order chi connectivity index (χ1) is 28.0. The van der Waals surface area contributed by atoms with Gasteiger partial charge in [0.2, 0.25) is 0 Å². The van der Waals surface area contributed by atoms with Crippen molar-refractivity contribution in [2.24, 2.45) is 0 Å². The van der Waals surface area contributed by atoms with Crippen LogP contribution in [0.15, 0.2) is 12.2 Å². The SMILES string of the molecule is CCCCCCCCCC/C=C\CCCCCCCCCCCCCC(=O)OC(COC(=O)CCCCCCCCCCCCC)COP(=O)(O)OCC[N+](C)(C)C. The third-order valence-electron chi connectivity index (χ3n) is 10.8. The monoisotopic (exact) mass is 845 g/mol. The number of allylic oxidation sites excluding steroid dienone is 2. The smallest absolute Gasteiger partial charge is 0.462 e. The van der Waals surface area contributed by atoms with Crippen LogP contribution in [0.3, 0.4) is 0 Å². The second kappa shape index (κ2) is 41.1. The number of carbonyl (C=O) groups is 2. The zero-order valence-electron chi connectivity index (χ0n) is 38.8. The molecule has 1 N–H and O–H groups in total. The number of phosphoric ester groups is 1. The highest BCUT2D eigenvalue weighted by atomic mass is 31.2.